The van der Waals surface area contributed by atoms with Crippen molar-refractivity contribution in [2.75, 3.05) is 23.9 Å². The number of nitrogens with one attached hydrogen (secondary N) is 1. The molecular formula is C10H12N2S2. The second kappa shape index (κ2) is 4.66. The molecule has 2 aromatic rings. The Balaban J connectivity index is 2.11. The van der Waals surface area contributed by atoms with Crippen LogP contribution in [-0.4, -0.2) is 23.5 Å². The molecule has 2 rings (SSSR count). The van der Waals surface area contributed by atoms with Crippen molar-refractivity contribution in [1.29, 1.82) is 0 Å². The van der Waals surface area contributed by atoms with Crippen molar-refractivity contribution in [1.82, 2.24) is 4.98 Å². The van der Waals surface area contributed by atoms with Crippen LogP contribution >= 0.6 is 23.1 Å². The third-order valence-electron chi connectivity index (χ3n) is 1.88. The molecule has 0 radical (unpaired) electrons. The molecule has 0 amide bonds. The highest BCUT2D eigenvalue weighted by Gasteiger charge is 2.00. The number of rotatable bonds is 4. The van der Waals surface area contributed by atoms with Gasteiger partial charge in [-0.1, -0.05) is 23.5 Å². The van der Waals surface area contributed by atoms with Crippen LogP contribution in [0.5, 0.6) is 0 Å². The van der Waals surface area contributed by atoms with Crippen LogP contribution in [0.15, 0.2) is 24.3 Å². The summed E-state index contributed by atoms with van der Waals surface area (Å²) < 4.78 is 1.25. The summed E-state index contributed by atoms with van der Waals surface area (Å²) in [5.74, 6) is 1.12. The maximum Gasteiger partial charge on any atom is 0.183 e. The van der Waals surface area contributed by atoms with Gasteiger partial charge in [-0.3, -0.25) is 0 Å². The third kappa shape index (κ3) is 2.19. The lowest BCUT2D eigenvalue weighted by atomic mass is 10.3. The zero-order valence-corrected chi connectivity index (χ0v) is 9.62. The van der Waals surface area contributed by atoms with Gasteiger partial charge in [-0.2, -0.15) is 11.8 Å². The monoisotopic (exact) mass is 224 g/mol. The predicted octanol–water partition coefficient (Wildman–Crippen LogP) is 3.07. The minimum atomic E-state index is 0.987. The predicted molar refractivity (Wildman–Crippen MR) is 66.5 cm³/mol. The molecule has 1 N–H and O–H groups in total. The zero-order valence-electron chi connectivity index (χ0n) is 7.99. The van der Waals surface area contributed by atoms with Gasteiger partial charge < -0.3 is 5.32 Å². The maximum absolute atomic E-state index is 4.48. The van der Waals surface area contributed by atoms with Crippen LogP contribution in [0.3, 0.4) is 0 Å². The molecule has 0 saturated carbocycles. The molecule has 0 unspecified atom stereocenters. The summed E-state index contributed by atoms with van der Waals surface area (Å²) in [7, 11) is 0. The van der Waals surface area contributed by atoms with Gasteiger partial charge in [0, 0.05) is 12.3 Å². The number of benzene rings is 1. The molecular weight excluding hydrogens is 212 g/mol. The molecule has 1 aromatic carbocycles. The van der Waals surface area contributed by atoms with Gasteiger partial charge in [0.15, 0.2) is 5.13 Å². The topological polar surface area (TPSA) is 24.9 Å². The Morgan fingerprint density at radius 1 is 1.43 bits per heavy atom. The number of para-hydroxylation sites is 1. The van der Waals surface area contributed by atoms with Gasteiger partial charge in [0.05, 0.1) is 10.2 Å². The summed E-state index contributed by atoms with van der Waals surface area (Å²) in [4.78, 5) is 4.48. The Morgan fingerprint density at radius 3 is 3.07 bits per heavy atom. The van der Waals surface area contributed by atoms with E-state index in [2.05, 4.69) is 22.6 Å². The molecule has 0 aliphatic rings. The lowest BCUT2D eigenvalue weighted by Crippen LogP contribution is -2.02. The number of fused-ring (bicyclic) bond motifs is 1. The summed E-state index contributed by atoms with van der Waals surface area (Å²) in [5, 5.41) is 4.35. The van der Waals surface area contributed by atoms with Crippen molar-refractivity contribution in [3.63, 3.8) is 0 Å². The van der Waals surface area contributed by atoms with Gasteiger partial charge in [-0.05, 0) is 18.4 Å². The molecule has 14 heavy (non-hydrogen) atoms. The number of hydrogen-bond acceptors (Lipinski definition) is 4. The smallest absolute Gasteiger partial charge is 0.183 e. The number of nitrogens with zero attached hydrogens (tertiary/aromatic N) is 1. The molecule has 0 aliphatic heterocycles. The number of anilines is 1. The van der Waals surface area contributed by atoms with Crippen LogP contribution < -0.4 is 5.32 Å². The number of aromatic nitrogens is 1. The highest BCUT2D eigenvalue weighted by atomic mass is 32.2. The van der Waals surface area contributed by atoms with Crippen molar-refractivity contribution in [3.05, 3.63) is 24.3 Å². The van der Waals surface area contributed by atoms with Crippen molar-refractivity contribution >= 4 is 38.4 Å². The van der Waals surface area contributed by atoms with Crippen molar-refractivity contribution in [2.45, 2.75) is 0 Å². The standard InChI is InChI=1S/C10H12N2S2/c1-13-7-6-11-10-12-8-4-2-3-5-9(8)14-10/h2-5H,6-7H2,1H3,(H,11,12). The first kappa shape index (κ1) is 9.80. The molecule has 0 aliphatic carbocycles. The lowest BCUT2D eigenvalue weighted by molar-refractivity contribution is 1.21. The maximum atomic E-state index is 4.48. The van der Waals surface area contributed by atoms with Crippen molar-refractivity contribution < 1.29 is 0 Å². The number of thioether (sulfide) groups is 1. The Labute approximate surface area is 91.7 Å². The number of thiazole rings is 1. The van der Waals surface area contributed by atoms with E-state index in [9.17, 15) is 0 Å². The molecule has 1 heterocycles. The van der Waals surface area contributed by atoms with E-state index in [1.807, 2.05) is 30.0 Å². The molecule has 0 bridgehead atoms. The largest absolute Gasteiger partial charge is 0.361 e. The quantitative estimate of drug-likeness (QED) is 0.808. The third-order valence-corrected chi connectivity index (χ3v) is 3.48. The summed E-state index contributed by atoms with van der Waals surface area (Å²) in [6.07, 6.45) is 2.11. The fourth-order valence-electron chi connectivity index (χ4n) is 1.21. The van der Waals surface area contributed by atoms with Gasteiger partial charge in [0.1, 0.15) is 0 Å². The van der Waals surface area contributed by atoms with Crippen LogP contribution in [0, 0.1) is 0 Å². The van der Waals surface area contributed by atoms with E-state index in [-0.39, 0.29) is 0 Å². The van der Waals surface area contributed by atoms with Crippen LogP contribution in [0.4, 0.5) is 5.13 Å². The second-order valence-corrected chi connectivity index (χ2v) is 4.92. The van der Waals surface area contributed by atoms with E-state index < -0.39 is 0 Å². The molecule has 0 fully saturated rings. The Kier molecular flexibility index (Phi) is 3.26. The normalized spacial score (nSPS) is 10.6. The van der Waals surface area contributed by atoms with E-state index in [1.165, 1.54) is 4.70 Å². The van der Waals surface area contributed by atoms with Crippen LogP contribution in [0.1, 0.15) is 0 Å². The fourth-order valence-corrected chi connectivity index (χ4v) is 2.41. The van der Waals surface area contributed by atoms with Gasteiger partial charge in [-0.15, -0.1) is 0 Å². The lowest BCUT2D eigenvalue weighted by Gasteiger charge is -1.98. The minimum Gasteiger partial charge on any atom is -0.361 e. The molecule has 0 spiro atoms. The van der Waals surface area contributed by atoms with Gasteiger partial charge >= 0.3 is 0 Å². The number of hydrogen-bond donors (Lipinski definition) is 1. The van der Waals surface area contributed by atoms with Crippen LogP contribution in [0.25, 0.3) is 10.2 Å². The Bertz CT molecular complexity index is 378. The average Bonchev–Trinajstić information content (AvgIpc) is 2.60. The SMILES string of the molecule is CSCCNc1nc2ccccc2s1. The van der Waals surface area contributed by atoms with Crippen LogP contribution in [0.2, 0.25) is 0 Å². The van der Waals surface area contributed by atoms with Gasteiger partial charge in [0.25, 0.3) is 0 Å². The fraction of sp³-hybridized carbons (Fsp3) is 0.300. The van der Waals surface area contributed by atoms with E-state index in [4.69, 9.17) is 0 Å². The summed E-state index contributed by atoms with van der Waals surface area (Å²) in [5.41, 5.74) is 1.09. The molecule has 0 atom stereocenters. The van der Waals surface area contributed by atoms with E-state index in [0.717, 1.165) is 22.9 Å². The highest BCUT2D eigenvalue weighted by Crippen LogP contribution is 2.24. The molecule has 0 saturated heterocycles. The second-order valence-electron chi connectivity index (χ2n) is 2.91. The molecule has 1 aromatic heterocycles. The highest BCUT2D eigenvalue weighted by molar-refractivity contribution is 7.98. The van der Waals surface area contributed by atoms with Crippen molar-refractivity contribution in [3.8, 4) is 0 Å². The first-order chi connectivity index (χ1) is 6.90. The van der Waals surface area contributed by atoms with E-state index >= 15 is 0 Å². The first-order valence-electron chi connectivity index (χ1n) is 4.48. The molecule has 74 valence electrons. The van der Waals surface area contributed by atoms with Crippen LogP contribution in [-0.2, 0) is 0 Å². The molecule has 4 heteroatoms. The Morgan fingerprint density at radius 2 is 2.29 bits per heavy atom. The van der Waals surface area contributed by atoms with E-state index in [1.54, 1.807) is 11.3 Å². The zero-order chi connectivity index (χ0) is 9.80. The summed E-state index contributed by atoms with van der Waals surface area (Å²) >= 11 is 3.56. The van der Waals surface area contributed by atoms with E-state index in [0.29, 0.717) is 0 Å². The summed E-state index contributed by atoms with van der Waals surface area (Å²) in [6, 6.07) is 8.22. The van der Waals surface area contributed by atoms with Gasteiger partial charge in [-0.25, -0.2) is 4.98 Å². The minimum absolute atomic E-state index is 0.987. The Hall–Kier alpha value is -0.740. The van der Waals surface area contributed by atoms with Gasteiger partial charge in [0.2, 0.25) is 0 Å². The average molecular weight is 224 g/mol. The first-order valence-corrected chi connectivity index (χ1v) is 6.69. The van der Waals surface area contributed by atoms with Crippen molar-refractivity contribution in [2.24, 2.45) is 0 Å². The molecule has 2 nitrogen and oxygen atoms in total. The summed E-state index contributed by atoms with van der Waals surface area (Å²) in [6.45, 7) is 0.987.